The molecule has 132 valence electrons. The highest BCUT2D eigenvalue weighted by molar-refractivity contribution is 7.12. The number of anilines is 2. The molecule has 0 saturated heterocycles. The lowest BCUT2D eigenvalue weighted by Crippen LogP contribution is -2.14. The van der Waals surface area contributed by atoms with E-state index in [1.165, 1.54) is 11.3 Å². The van der Waals surface area contributed by atoms with Crippen LogP contribution in [0.2, 0.25) is 0 Å². The Morgan fingerprint density at radius 2 is 1.56 bits per heavy atom. The first-order chi connectivity index (χ1) is 13.2. The van der Waals surface area contributed by atoms with Gasteiger partial charge in [0.2, 0.25) is 0 Å². The molecule has 2 heterocycles. The van der Waals surface area contributed by atoms with E-state index in [1.54, 1.807) is 36.4 Å². The third-order valence-corrected chi connectivity index (χ3v) is 4.82. The maximum atomic E-state index is 12.5. The predicted octanol–water partition coefficient (Wildman–Crippen LogP) is 4.80. The normalized spacial score (nSPS) is 10.5. The Kier molecular flexibility index (Phi) is 4.63. The molecule has 0 spiro atoms. The standard InChI is InChI=1S/C21H15N3O2S/c25-20(18-11-10-14-5-1-2-8-17(14)24-18)22-15-6-3-7-16(13-15)23-21(26)19-9-4-12-27-19/h1-13H,(H,22,25)(H,23,26). The number of aromatic nitrogens is 1. The summed E-state index contributed by atoms with van der Waals surface area (Å²) in [6, 6.07) is 21.8. The number of thiophene rings is 1. The molecule has 0 radical (unpaired) electrons. The monoisotopic (exact) mass is 373 g/mol. The van der Waals surface area contributed by atoms with Gasteiger partial charge < -0.3 is 10.6 Å². The molecule has 0 atom stereocenters. The zero-order valence-electron chi connectivity index (χ0n) is 14.2. The minimum absolute atomic E-state index is 0.176. The van der Waals surface area contributed by atoms with Crippen molar-refractivity contribution in [3.63, 3.8) is 0 Å². The molecule has 0 aliphatic heterocycles. The third-order valence-electron chi connectivity index (χ3n) is 3.95. The molecule has 2 aromatic carbocycles. The quantitative estimate of drug-likeness (QED) is 0.540. The summed E-state index contributed by atoms with van der Waals surface area (Å²) in [7, 11) is 0. The van der Waals surface area contributed by atoms with Crippen LogP contribution in [0.4, 0.5) is 11.4 Å². The Hall–Kier alpha value is -3.51. The van der Waals surface area contributed by atoms with Crippen LogP contribution in [-0.2, 0) is 0 Å². The molecule has 0 saturated carbocycles. The summed E-state index contributed by atoms with van der Waals surface area (Å²) >= 11 is 1.37. The zero-order valence-corrected chi connectivity index (χ0v) is 15.0. The van der Waals surface area contributed by atoms with Crippen LogP contribution in [0.15, 0.2) is 78.2 Å². The van der Waals surface area contributed by atoms with Crippen molar-refractivity contribution in [3.05, 3.63) is 88.7 Å². The number of amides is 2. The molecular weight excluding hydrogens is 358 g/mol. The minimum Gasteiger partial charge on any atom is -0.321 e. The zero-order chi connectivity index (χ0) is 18.6. The van der Waals surface area contributed by atoms with Crippen molar-refractivity contribution < 1.29 is 9.59 Å². The number of nitrogens with one attached hydrogen (secondary N) is 2. The predicted molar refractivity (Wildman–Crippen MR) is 108 cm³/mol. The average Bonchev–Trinajstić information content (AvgIpc) is 3.23. The fraction of sp³-hybridized carbons (Fsp3) is 0. The van der Waals surface area contributed by atoms with E-state index in [4.69, 9.17) is 0 Å². The molecule has 6 heteroatoms. The lowest BCUT2D eigenvalue weighted by molar-refractivity contribution is 0.101. The van der Waals surface area contributed by atoms with Gasteiger partial charge in [-0.3, -0.25) is 9.59 Å². The van der Waals surface area contributed by atoms with E-state index >= 15 is 0 Å². The molecule has 4 rings (SSSR count). The summed E-state index contributed by atoms with van der Waals surface area (Å²) in [6.07, 6.45) is 0. The van der Waals surface area contributed by atoms with Gasteiger partial charge in [-0.25, -0.2) is 4.98 Å². The van der Waals surface area contributed by atoms with Crippen molar-refractivity contribution in [1.82, 2.24) is 4.98 Å². The van der Waals surface area contributed by atoms with Gasteiger partial charge in [-0.05, 0) is 41.8 Å². The lowest BCUT2D eigenvalue weighted by atomic mass is 10.2. The number of carbonyl (C=O) groups excluding carboxylic acids is 2. The Morgan fingerprint density at radius 1 is 0.778 bits per heavy atom. The first-order valence-electron chi connectivity index (χ1n) is 8.31. The van der Waals surface area contributed by atoms with Gasteiger partial charge in [-0.1, -0.05) is 36.4 Å². The molecule has 2 N–H and O–H groups in total. The van der Waals surface area contributed by atoms with E-state index in [0.717, 1.165) is 10.9 Å². The summed E-state index contributed by atoms with van der Waals surface area (Å²) in [5.74, 6) is -0.479. The van der Waals surface area contributed by atoms with Crippen molar-refractivity contribution in [2.45, 2.75) is 0 Å². The van der Waals surface area contributed by atoms with Gasteiger partial charge in [-0.15, -0.1) is 11.3 Å². The van der Waals surface area contributed by atoms with Crippen LogP contribution >= 0.6 is 11.3 Å². The van der Waals surface area contributed by atoms with E-state index in [-0.39, 0.29) is 11.8 Å². The first-order valence-corrected chi connectivity index (χ1v) is 9.19. The molecule has 0 aliphatic carbocycles. The highest BCUT2D eigenvalue weighted by Gasteiger charge is 2.10. The number of pyridine rings is 1. The number of hydrogen-bond acceptors (Lipinski definition) is 4. The van der Waals surface area contributed by atoms with Crippen LogP contribution < -0.4 is 10.6 Å². The Labute approximate surface area is 159 Å². The van der Waals surface area contributed by atoms with Crippen molar-refractivity contribution in [1.29, 1.82) is 0 Å². The van der Waals surface area contributed by atoms with E-state index < -0.39 is 0 Å². The second-order valence-electron chi connectivity index (χ2n) is 5.86. The van der Waals surface area contributed by atoms with Crippen LogP contribution in [0.5, 0.6) is 0 Å². The van der Waals surface area contributed by atoms with Gasteiger partial charge in [0, 0.05) is 16.8 Å². The largest absolute Gasteiger partial charge is 0.321 e. The van der Waals surface area contributed by atoms with E-state index in [1.807, 2.05) is 41.8 Å². The maximum absolute atomic E-state index is 12.5. The number of nitrogens with zero attached hydrogens (tertiary/aromatic N) is 1. The van der Waals surface area contributed by atoms with Crippen LogP contribution in [0, 0.1) is 0 Å². The Morgan fingerprint density at radius 3 is 2.33 bits per heavy atom. The smallest absolute Gasteiger partial charge is 0.274 e. The maximum Gasteiger partial charge on any atom is 0.274 e. The van der Waals surface area contributed by atoms with Crippen LogP contribution in [-0.4, -0.2) is 16.8 Å². The average molecular weight is 373 g/mol. The molecule has 0 unspecified atom stereocenters. The second kappa shape index (κ2) is 7.39. The lowest BCUT2D eigenvalue weighted by Gasteiger charge is -2.08. The molecule has 0 bridgehead atoms. The van der Waals surface area contributed by atoms with Gasteiger partial charge >= 0.3 is 0 Å². The van der Waals surface area contributed by atoms with E-state index in [2.05, 4.69) is 15.6 Å². The highest BCUT2D eigenvalue weighted by atomic mass is 32.1. The molecular formula is C21H15N3O2S. The number of hydrogen-bond donors (Lipinski definition) is 2. The topological polar surface area (TPSA) is 71.1 Å². The van der Waals surface area contributed by atoms with Crippen molar-refractivity contribution in [2.24, 2.45) is 0 Å². The van der Waals surface area contributed by atoms with Crippen LogP contribution in [0.25, 0.3) is 10.9 Å². The second-order valence-corrected chi connectivity index (χ2v) is 6.80. The fourth-order valence-corrected chi connectivity index (χ4v) is 3.28. The van der Waals surface area contributed by atoms with Gasteiger partial charge in [-0.2, -0.15) is 0 Å². The minimum atomic E-state index is -0.303. The molecule has 2 aromatic heterocycles. The van der Waals surface area contributed by atoms with E-state index in [0.29, 0.717) is 21.9 Å². The number of rotatable bonds is 4. The first kappa shape index (κ1) is 16.9. The summed E-state index contributed by atoms with van der Waals surface area (Å²) in [5.41, 5.74) is 2.29. The van der Waals surface area contributed by atoms with Crippen LogP contribution in [0.1, 0.15) is 20.2 Å². The number of para-hydroxylation sites is 1. The van der Waals surface area contributed by atoms with Crippen molar-refractivity contribution in [3.8, 4) is 0 Å². The molecule has 27 heavy (non-hydrogen) atoms. The highest BCUT2D eigenvalue weighted by Crippen LogP contribution is 2.19. The Bertz CT molecular complexity index is 1120. The summed E-state index contributed by atoms with van der Waals surface area (Å²) in [6.45, 7) is 0. The molecule has 0 aliphatic rings. The van der Waals surface area contributed by atoms with Crippen LogP contribution in [0.3, 0.4) is 0 Å². The summed E-state index contributed by atoms with van der Waals surface area (Å²) in [5, 5.41) is 8.48. The summed E-state index contributed by atoms with van der Waals surface area (Å²) in [4.78, 5) is 29.7. The molecule has 4 aromatic rings. The van der Waals surface area contributed by atoms with E-state index in [9.17, 15) is 9.59 Å². The number of carbonyl (C=O) groups is 2. The molecule has 2 amide bonds. The molecule has 0 fully saturated rings. The number of benzene rings is 2. The summed E-state index contributed by atoms with van der Waals surface area (Å²) < 4.78 is 0. The van der Waals surface area contributed by atoms with Gasteiger partial charge in [0.25, 0.3) is 11.8 Å². The van der Waals surface area contributed by atoms with Gasteiger partial charge in [0.1, 0.15) is 5.69 Å². The number of fused-ring (bicyclic) bond motifs is 1. The fourth-order valence-electron chi connectivity index (χ4n) is 2.66. The van der Waals surface area contributed by atoms with Crippen molar-refractivity contribution in [2.75, 3.05) is 10.6 Å². The molecule has 5 nitrogen and oxygen atoms in total. The Balaban J connectivity index is 1.50. The SMILES string of the molecule is O=C(Nc1cccc(NC(=O)c2cccs2)c1)c1ccc2ccccc2n1. The van der Waals surface area contributed by atoms with Gasteiger partial charge in [0.05, 0.1) is 10.4 Å². The van der Waals surface area contributed by atoms with Crippen molar-refractivity contribution >= 4 is 45.4 Å². The van der Waals surface area contributed by atoms with Gasteiger partial charge in [0.15, 0.2) is 0 Å². The third kappa shape index (κ3) is 3.86.